The zero-order chi connectivity index (χ0) is 18.9. The van der Waals surface area contributed by atoms with E-state index in [1.54, 1.807) is 24.1 Å². The van der Waals surface area contributed by atoms with Crippen LogP contribution in [0.4, 0.5) is 4.39 Å². The third kappa shape index (κ3) is 3.57. The second kappa shape index (κ2) is 7.05. The Labute approximate surface area is 151 Å². The largest absolute Gasteiger partial charge is 0.481 e. The third-order valence-electron chi connectivity index (χ3n) is 5.47. The van der Waals surface area contributed by atoms with E-state index in [0.717, 1.165) is 5.56 Å². The summed E-state index contributed by atoms with van der Waals surface area (Å²) in [5.41, 5.74) is 0.143. The van der Waals surface area contributed by atoms with E-state index in [1.807, 2.05) is 0 Å². The molecule has 2 aliphatic rings. The zero-order valence-electron chi connectivity index (χ0n) is 14.8. The Morgan fingerprint density at radius 1 is 1.19 bits per heavy atom. The van der Waals surface area contributed by atoms with E-state index in [2.05, 4.69) is 0 Å². The zero-order valence-corrected chi connectivity index (χ0v) is 14.8. The molecule has 26 heavy (non-hydrogen) atoms. The summed E-state index contributed by atoms with van der Waals surface area (Å²) in [5.74, 6) is -1.85. The van der Waals surface area contributed by atoms with Crippen LogP contribution in [-0.4, -0.2) is 59.4 Å². The van der Waals surface area contributed by atoms with Crippen molar-refractivity contribution in [1.82, 2.24) is 9.80 Å². The molecule has 1 N–H and O–H groups in total. The monoisotopic (exact) mass is 362 g/mol. The molecular weight excluding hydrogens is 339 g/mol. The molecule has 0 bridgehead atoms. The Bertz CT molecular complexity index is 707. The lowest BCUT2D eigenvalue weighted by Crippen LogP contribution is -2.47. The minimum atomic E-state index is -0.820. The fourth-order valence-corrected chi connectivity index (χ4v) is 3.64. The maximum Gasteiger partial charge on any atom is 0.306 e. The Balaban J connectivity index is 1.58. The van der Waals surface area contributed by atoms with Crippen molar-refractivity contribution >= 4 is 17.8 Å². The first-order valence-corrected chi connectivity index (χ1v) is 8.86. The van der Waals surface area contributed by atoms with E-state index in [4.69, 9.17) is 5.11 Å². The molecule has 2 amide bonds. The molecule has 1 aromatic carbocycles. The Kier molecular flexibility index (Phi) is 4.98. The number of hydrogen-bond acceptors (Lipinski definition) is 3. The van der Waals surface area contributed by atoms with E-state index in [1.165, 1.54) is 17.0 Å². The summed E-state index contributed by atoms with van der Waals surface area (Å²) in [6.45, 7) is 0.779. The number of likely N-dealkylation sites (tertiary alicyclic amines) is 1. The SMILES string of the molecule is CN(CC(=O)N1CCC(C(=O)O)CC1)C(=O)C1(c2ccc(F)cc2)CC1. The fraction of sp³-hybridized carbons (Fsp3) is 0.526. The standard InChI is InChI=1S/C19H23FN2O4/c1-21(12-16(23)22-10-6-13(7-11-22)17(24)25)18(26)19(8-9-19)14-2-4-15(20)5-3-14/h2-5,13H,6-12H2,1H3,(H,24,25). The number of carboxylic acids is 1. The highest BCUT2D eigenvalue weighted by atomic mass is 19.1. The van der Waals surface area contributed by atoms with Crippen LogP contribution in [0.15, 0.2) is 24.3 Å². The topological polar surface area (TPSA) is 77.9 Å². The first kappa shape index (κ1) is 18.4. The van der Waals surface area contributed by atoms with E-state index in [-0.39, 0.29) is 24.2 Å². The number of hydrogen-bond donors (Lipinski definition) is 1. The Morgan fingerprint density at radius 3 is 2.27 bits per heavy atom. The van der Waals surface area contributed by atoms with E-state index >= 15 is 0 Å². The molecule has 1 saturated carbocycles. The molecule has 0 radical (unpaired) electrons. The Morgan fingerprint density at radius 2 is 1.77 bits per heavy atom. The first-order valence-electron chi connectivity index (χ1n) is 8.86. The molecular formula is C19H23FN2O4. The summed E-state index contributed by atoms with van der Waals surface area (Å²) in [4.78, 5) is 39.4. The molecule has 7 heteroatoms. The van der Waals surface area contributed by atoms with Gasteiger partial charge in [-0.3, -0.25) is 14.4 Å². The second-order valence-corrected chi connectivity index (χ2v) is 7.24. The lowest BCUT2D eigenvalue weighted by Gasteiger charge is -2.32. The predicted octanol–water partition coefficient (Wildman–Crippen LogP) is 1.64. The van der Waals surface area contributed by atoms with Crippen molar-refractivity contribution in [3.8, 4) is 0 Å². The lowest BCUT2D eigenvalue weighted by atomic mass is 9.94. The molecule has 0 atom stereocenters. The van der Waals surface area contributed by atoms with Crippen LogP contribution < -0.4 is 0 Å². The molecule has 1 heterocycles. The number of carbonyl (C=O) groups excluding carboxylic acids is 2. The van der Waals surface area contributed by atoms with Crippen molar-refractivity contribution in [3.63, 3.8) is 0 Å². The average Bonchev–Trinajstić information content (AvgIpc) is 3.43. The van der Waals surface area contributed by atoms with Crippen molar-refractivity contribution in [2.45, 2.75) is 31.1 Å². The first-order chi connectivity index (χ1) is 12.3. The minimum absolute atomic E-state index is 0.0283. The van der Waals surface area contributed by atoms with Crippen molar-refractivity contribution in [2.75, 3.05) is 26.7 Å². The maximum atomic E-state index is 13.1. The molecule has 0 aromatic heterocycles. The number of piperidine rings is 1. The van der Waals surface area contributed by atoms with Crippen LogP contribution in [0.2, 0.25) is 0 Å². The smallest absolute Gasteiger partial charge is 0.306 e. The van der Waals surface area contributed by atoms with Gasteiger partial charge in [0.25, 0.3) is 0 Å². The van der Waals surface area contributed by atoms with Crippen molar-refractivity contribution < 1.29 is 23.9 Å². The van der Waals surface area contributed by atoms with Gasteiger partial charge in [0.15, 0.2) is 0 Å². The van der Waals surface area contributed by atoms with Gasteiger partial charge in [0, 0.05) is 20.1 Å². The fourth-order valence-electron chi connectivity index (χ4n) is 3.64. The summed E-state index contributed by atoms with van der Waals surface area (Å²) in [5, 5.41) is 9.02. The lowest BCUT2D eigenvalue weighted by molar-refractivity contribution is -0.146. The van der Waals surface area contributed by atoms with Gasteiger partial charge in [0.1, 0.15) is 5.82 Å². The number of halogens is 1. The van der Waals surface area contributed by atoms with Gasteiger partial charge in [-0.15, -0.1) is 0 Å². The number of likely N-dealkylation sites (N-methyl/N-ethyl adjacent to an activating group) is 1. The number of benzene rings is 1. The number of carboxylic acid groups (broad SMARTS) is 1. The van der Waals surface area contributed by atoms with Crippen molar-refractivity contribution in [2.24, 2.45) is 5.92 Å². The molecule has 0 spiro atoms. The van der Waals surface area contributed by atoms with Gasteiger partial charge in [-0.25, -0.2) is 4.39 Å². The molecule has 140 valence electrons. The van der Waals surface area contributed by atoms with Crippen molar-refractivity contribution in [1.29, 1.82) is 0 Å². The maximum absolute atomic E-state index is 13.1. The van der Waals surface area contributed by atoms with Gasteiger partial charge in [0.2, 0.25) is 11.8 Å². The third-order valence-corrected chi connectivity index (χ3v) is 5.47. The number of carbonyl (C=O) groups is 3. The Hall–Kier alpha value is -2.44. The molecule has 2 fully saturated rings. The van der Waals surface area contributed by atoms with Gasteiger partial charge >= 0.3 is 5.97 Å². The van der Waals surface area contributed by atoms with Gasteiger partial charge in [-0.2, -0.15) is 0 Å². The molecule has 6 nitrogen and oxygen atoms in total. The highest BCUT2D eigenvalue weighted by Crippen LogP contribution is 2.49. The van der Waals surface area contributed by atoms with Crippen LogP contribution in [-0.2, 0) is 19.8 Å². The van der Waals surface area contributed by atoms with Gasteiger partial charge in [-0.1, -0.05) is 12.1 Å². The van der Waals surface area contributed by atoms with Crippen molar-refractivity contribution in [3.05, 3.63) is 35.6 Å². The highest BCUT2D eigenvalue weighted by Gasteiger charge is 2.52. The number of rotatable bonds is 5. The van der Waals surface area contributed by atoms with Gasteiger partial charge in [-0.05, 0) is 43.4 Å². The molecule has 0 unspecified atom stereocenters. The highest BCUT2D eigenvalue weighted by molar-refractivity contribution is 5.93. The van der Waals surface area contributed by atoms with Crippen LogP contribution in [0.5, 0.6) is 0 Å². The van der Waals surface area contributed by atoms with E-state index in [0.29, 0.717) is 38.8 Å². The van der Waals surface area contributed by atoms with Gasteiger partial charge in [0.05, 0.1) is 17.9 Å². The summed E-state index contributed by atoms with van der Waals surface area (Å²) in [6, 6.07) is 5.96. The van der Waals surface area contributed by atoms with E-state index in [9.17, 15) is 18.8 Å². The molecule has 1 aliphatic heterocycles. The number of amides is 2. The predicted molar refractivity (Wildman–Crippen MR) is 91.9 cm³/mol. The molecule has 1 aliphatic carbocycles. The molecule has 1 saturated heterocycles. The quantitative estimate of drug-likeness (QED) is 0.864. The normalized spacial score (nSPS) is 19.1. The van der Waals surface area contributed by atoms with Crippen LogP contribution in [0.3, 0.4) is 0 Å². The second-order valence-electron chi connectivity index (χ2n) is 7.24. The number of aliphatic carboxylic acids is 1. The van der Waals surface area contributed by atoms with E-state index < -0.39 is 17.3 Å². The van der Waals surface area contributed by atoms with Gasteiger partial charge < -0.3 is 14.9 Å². The summed E-state index contributed by atoms with van der Waals surface area (Å²) >= 11 is 0. The van der Waals surface area contributed by atoms with Crippen LogP contribution >= 0.6 is 0 Å². The summed E-state index contributed by atoms with van der Waals surface area (Å²) in [7, 11) is 1.60. The molecule has 3 rings (SSSR count). The summed E-state index contributed by atoms with van der Waals surface area (Å²) < 4.78 is 13.1. The van der Waals surface area contributed by atoms with Crippen LogP contribution in [0.25, 0.3) is 0 Å². The van der Waals surface area contributed by atoms with Crippen LogP contribution in [0.1, 0.15) is 31.2 Å². The van der Waals surface area contributed by atoms with Crippen LogP contribution in [0, 0.1) is 11.7 Å². The summed E-state index contributed by atoms with van der Waals surface area (Å²) in [6.07, 6.45) is 2.27. The number of nitrogens with zero attached hydrogens (tertiary/aromatic N) is 2. The average molecular weight is 362 g/mol. The molecule has 1 aromatic rings. The minimum Gasteiger partial charge on any atom is -0.481 e.